The Kier molecular flexibility index (Phi) is 4.95. The molecule has 0 aliphatic carbocycles. The molecule has 2 aromatic carbocycles. The second-order valence-electron chi connectivity index (χ2n) is 5.08. The molecular formula is C17H18N2O4. The molecule has 0 bridgehead atoms. The fourth-order valence-electron chi connectivity index (χ4n) is 2.47. The number of para-hydroxylation sites is 1. The molecule has 0 aliphatic heterocycles. The van der Waals surface area contributed by atoms with Crippen molar-refractivity contribution in [3.05, 3.63) is 63.2 Å². The number of anilines is 2. The predicted molar refractivity (Wildman–Crippen MR) is 88.5 cm³/mol. The Bertz CT molecular complexity index is 734. The number of rotatable bonds is 6. The lowest BCUT2D eigenvalue weighted by molar-refractivity contribution is -0.384. The van der Waals surface area contributed by atoms with Crippen molar-refractivity contribution in [1.29, 1.82) is 0 Å². The summed E-state index contributed by atoms with van der Waals surface area (Å²) in [4.78, 5) is 21.7. The highest BCUT2D eigenvalue weighted by Gasteiger charge is 2.17. The molecule has 0 saturated heterocycles. The van der Waals surface area contributed by atoms with Gasteiger partial charge in [-0.1, -0.05) is 32.0 Å². The Labute approximate surface area is 133 Å². The molecule has 6 heteroatoms. The summed E-state index contributed by atoms with van der Waals surface area (Å²) in [6.45, 7) is 4.04. The predicted octanol–water partition coefficient (Wildman–Crippen LogP) is 4.16. The first kappa shape index (κ1) is 16.5. The van der Waals surface area contributed by atoms with Crippen LogP contribution < -0.4 is 5.32 Å². The molecule has 0 unspecified atom stereocenters. The summed E-state index contributed by atoms with van der Waals surface area (Å²) in [5.74, 6) is -1.21. The topological polar surface area (TPSA) is 92.5 Å². The molecule has 2 rings (SSSR count). The van der Waals surface area contributed by atoms with Gasteiger partial charge in [0.2, 0.25) is 0 Å². The minimum absolute atomic E-state index is 0.118. The van der Waals surface area contributed by atoms with Gasteiger partial charge in [-0.25, -0.2) is 4.79 Å². The van der Waals surface area contributed by atoms with E-state index >= 15 is 0 Å². The largest absolute Gasteiger partial charge is 0.478 e. The quantitative estimate of drug-likeness (QED) is 0.617. The van der Waals surface area contributed by atoms with Gasteiger partial charge in [0, 0.05) is 17.8 Å². The number of hydrogen-bond donors (Lipinski definition) is 2. The van der Waals surface area contributed by atoms with Crippen LogP contribution >= 0.6 is 0 Å². The summed E-state index contributed by atoms with van der Waals surface area (Å²) < 4.78 is 0. The van der Waals surface area contributed by atoms with Crippen LogP contribution in [0.1, 0.15) is 35.3 Å². The summed E-state index contributed by atoms with van der Waals surface area (Å²) in [6.07, 6.45) is 1.59. The number of carbonyl (C=O) groups is 1. The smallest absolute Gasteiger partial charge is 0.338 e. The van der Waals surface area contributed by atoms with Gasteiger partial charge in [-0.15, -0.1) is 0 Å². The van der Waals surface area contributed by atoms with E-state index in [-0.39, 0.29) is 11.3 Å². The second kappa shape index (κ2) is 6.91. The van der Waals surface area contributed by atoms with Gasteiger partial charge in [0.05, 0.1) is 16.2 Å². The standard InChI is InChI=1S/C17H18N2O4/c1-3-11-6-5-7-12(4-2)16(11)18-15-9-8-13(19(22)23)10-14(15)17(20)21/h5-10,18H,3-4H2,1-2H3,(H,20,21). The van der Waals surface area contributed by atoms with Crippen LogP contribution in [0.4, 0.5) is 17.1 Å². The van der Waals surface area contributed by atoms with Gasteiger partial charge in [0.15, 0.2) is 0 Å². The van der Waals surface area contributed by atoms with E-state index in [4.69, 9.17) is 0 Å². The van der Waals surface area contributed by atoms with Crippen molar-refractivity contribution in [2.24, 2.45) is 0 Å². The van der Waals surface area contributed by atoms with Crippen LogP contribution in [0.3, 0.4) is 0 Å². The van der Waals surface area contributed by atoms with Crippen LogP contribution in [0.2, 0.25) is 0 Å². The minimum atomic E-state index is -1.21. The maximum absolute atomic E-state index is 11.4. The zero-order valence-electron chi connectivity index (χ0n) is 13.0. The summed E-state index contributed by atoms with van der Waals surface area (Å²) in [5, 5.41) is 23.3. The first-order valence-electron chi connectivity index (χ1n) is 7.37. The van der Waals surface area contributed by atoms with E-state index in [0.29, 0.717) is 5.69 Å². The third-order valence-electron chi connectivity index (χ3n) is 3.70. The number of non-ortho nitro benzene ring substituents is 1. The van der Waals surface area contributed by atoms with Gasteiger partial charge < -0.3 is 10.4 Å². The third kappa shape index (κ3) is 3.48. The fourth-order valence-corrected chi connectivity index (χ4v) is 2.47. The van der Waals surface area contributed by atoms with Gasteiger partial charge >= 0.3 is 5.97 Å². The Hall–Kier alpha value is -2.89. The number of nitrogens with one attached hydrogen (secondary N) is 1. The molecule has 0 aliphatic rings. The fraction of sp³-hybridized carbons (Fsp3) is 0.235. The first-order valence-corrected chi connectivity index (χ1v) is 7.37. The van der Waals surface area contributed by atoms with Crippen LogP contribution in [0, 0.1) is 10.1 Å². The Balaban J connectivity index is 2.52. The van der Waals surface area contributed by atoms with Crippen molar-refractivity contribution in [2.45, 2.75) is 26.7 Å². The van der Waals surface area contributed by atoms with E-state index in [9.17, 15) is 20.0 Å². The molecule has 0 saturated carbocycles. The Morgan fingerprint density at radius 3 is 2.26 bits per heavy atom. The Morgan fingerprint density at radius 2 is 1.78 bits per heavy atom. The molecule has 23 heavy (non-hydrogen) atoms. The lowest BCUT2D eigenvalue weighted by atomic mass is 10.0. The van der Waals surface area contributed by atoms with Crippen LogP contribution in [0.5, 0.6) is 0 Å². The number of aromatic carboxylic acids is 1. The molecular weight excluding hydrogens is 296 g/mol. The highest BCUT2D eigenvalue weighted by atomic mass is 16.6. The van der Waals surface area contributed by atoms with Crippen molar-refractivity contribution in [1.82, 2.24) is 0 Å². The van der Waals surface area contributed by atoms with Crippen LogP contribution in [0.15, 0.2) is 36.4 Å². The number of nitro groups is 1. The van der Waals surface area contributed by atoms with E-state index in [2.05, 4.69) is 5.32 Å². The average Bonchev–Trinajstić information content (AvgIpc) is 2.54. The molecule has 0 spiro atoms. The van der Waals surface area contributed by atoms with Crippen molar-refractivity contribution in [3.8, 4) is 0 Å². The Morgan fingerprint density at radius 1 is 1.17 bits per heavy atom. The molecule has 0 radical (unpaired) electrons. The first-order chi connectivity index (χ1) is 11.0. The van der Waals surface area contributed by atoms with Crippen molar-refractivity contribution < 1.29 is 14.8 Å². The number of carboxylic acid groups (broad SMARTS) is 1. The van der Waals surface area contributed by atoms with Crippen molar-refractivity contribution in [3.63, 3.8) is 0 Å². The van der Waals surface area contributed by atoms with E-state index in [1.165, 1.54) is 12.1 Å². The van der Waals surface area contributed by atoms with E-state index in [0.717, 1.165) is 35.7 Å². The van der Waals surface area contributed by atoms with Crippen LogP contribution in [0.25, 0.3) is 0 Å². The molecule has 2 N–H and O–H groups in total. The van der Waals surface area contributed by atoms with Crippen molar-refractivity contribution >= 4 is 23.0 Å². The third-order valence-corrected chi connectivity index (χ3v) is 3.70. The second-order valence-corrected chi connectivity index (χ2v) is 5.08. The molecule has 0 fully saturated rings. The maximum Gasteiger partial charge on any atom is 0.338 e. The minimum Gasteiger partial charge on any atom is -0.478 e. The van der Waals surface area contributed by atoms with Gasteiger partial charge in [-0.3, -0.25) is 10.1 Å². The number of nitrogens with zero attached hydrogens (tertiary/aromatic N) is 1. The lowest BCUT2D eigenvalue weighted by Gasteiger charge is -2.16. The molecule has 120 valence electrons. The van der Waals surface area contributed by atoms with E-state index in [1.54, 1.807) is 0 Å². The SMILES string of the molecule is CCc1cccc(CC)c1Nc1ccc([N+](=O)[O-])cc1C(=O)O. The maximum atomic E-state index is 11.4. The van der Waals surface area contributed by atoms with Gasteiger partial charge in [-0.2, -0.15) is 0 Å². The molecule has 0 amide bonds. The van der Waals surface area contributed by atoms with E-state index in [1.807, 2.05) is 32.0 Å². The molecule has 0 atom stereocenters. The number of hydrogen-bond acceptors (Lipinski definition) is 4. The van der Waals surface area contributed by atoms with Crippen LogP contribution in [-0.2, 0) is 12.8 Å². The monoisotopic (exact) mass is 314 g/mol. The van der Waals surface area contributed by atoms with E-state index < -0.39 is 10.9 Å². The summed E-state index contributed by atoms with van der Waals surface area (Å²) in [5.41, 5.74) is 2.99. The zero-order valence-corrected chi connectivity index (χ0v) is 13.0. The van der Waals surface area contributed by atoms with Gasteiger partial charge in [-0.05, 0) is 30.0 Å². The normalized spacial score (nSPS) is 10.3. The molecule has 6 nitrogen and oxygen atoms in total. The summed E-state index contributed by atoms with van der Waals surface area (Å²) in [6, 6.07) is 9.74. The number of benzene rings is 2. The molecule has 2 aromatic rings. The van der Waals surface area contributed by atoms with Gasteiger partial charge in [0.1, 0.15) is 0 Å². The number of carboxylic acids is 1. The highest BCUT2D eigenvalue weighted by molar-refractivity contribution is 5.96. The number of aryl methyl sites for hydroxylation is 2. The van der Waals surface area contributed by atoms with Crippen LogP contribution in [-0.4, -0.2) is 16.0 Å². The lowest BCUT2D eigenvalue weighted by Crippen LogP contribution is -2.06. The summed E-state index contributed by atoms with van der Waals surface area (Å²) >= 11 is 0. The molecule has 0 aromatic heterocycles. The summed E-state index contributed by atoms with van der Waals surface area (Å²) in [7, 11) is 0. The molecule has 0 heterocycles. The highest BCUT2D eigenvalue weighted by Crippen LogP contribution is 2.30. The van der Waals surface area contributed by atoms with Crippen molar-refractivity contribution in [2.75, 3.05) is 5.32 Å². The number of nitro benzene ring substituents is 1. The van der Waals surface area contributed by atoms with Gasteiger partial charge in [0.25, 0.3) is 5.69 Å². The zero-order chi connectivity index (χ0) is 17.0. The average molecular weight is 314 g/mol.